The number of benzene rings is 2. The highest BCUT2D eigenvalue weighted by atomic mass is 28.4. The van der Waals surface area contributed by atoms with Gasteiger partial charge in [0.05, 0.1) is 39.0 Å². The molecule has 0 aromatic heterocycles. The third-order valence-corrected chi connectivity index (χ3v) is 12.0. The van der Waals surface area contributed by atoms with Crippen molar-refractivity contribution in [2.45, 2.75) is 71.5 Å². The molecule has 0 radical (unpaired) electrons. The van der Waals surface area contributed by atoms with Gasteiger partial charge in [-0.3, -0.25) is 14.5 Å². The summed E-state index contributed by atoms with van der Waals surface area (Å²) in [5, 5.41) is 5.68. The molecule has 266 valence electrons. The van der Waals surface area contributed by atoms with Gasteiger partial charge in [0.25, 0.3) is 0 Å². The highest BCUT2D eigenvalue weighted by Gasteiger charge is 2.38. The molecule has 1 heterocycles. The van der Waals surface area contributed by atoms with Crippen LogP contribution in [-0.2, 0) is 41.1 Å². The van der Waals surface area contributed by atoms with Gasteiger partial charge in [0.15, 0.2) is 0 Å². The minimum absolute atomic E-state index is 0.0805. The Morgan fingerprint density at radius 1 is 0.958 bits per heavy atom. The molecule has 1 aliphatic rings. The van der Waals surface area contributed by atoms with Crippen LogP contribution in [0.5, 0.6) is 5.75 Å². The molecule has 2 N–H and O–H groups in total. The molecule has 2 aromatic carbocycles. The summed E-state index contributed by atoms with van der Waals surface area (Å²) in [6, 6.07) is 18.3. The molecule has 0 bridgehead atoms. The molecule has 3 amide bonds. The Morgan fingerprint density at radius 2 is 1.69 bits per heavy atom. The number of nitrogens with zero attached hydrogens (tertiary/aromatic N) is 2. The first-order valence-corrected chi connectivity index (χ1v) is 19.2. The zero-order chi connectivity index (χ0) is 34.8. The molecule has 48 heavy (non-hydrogen) atoms. The van der Waals surface area contributed by atoms with E-state index in [-0.39, 0.29) is 50.1 Å². The third kappa shape index (κ3) is 13.2. The Morgan fingerprint density at radius 3 is 2.35 bits per heavy atom. The summed E-state index contributed by atoms with van der Waals surface area (Å²) in [7, 11) is -0.957. The zero-order valence-corrected chi connectivity index (χ0v) is 30.2. The van der Waals surface area contributed by atoms with Crippen LogP contribution in [-0.4, -0.2) is 108 Å². The number of methoxy groups -OCH3 is 1. The van der Waals surface area contributed by atoms with Crippen molar-refractivity contribution in [1.29, 1.82) is 0 Å². The molecule has 0 spiro atoms. The lowest BCUT2D eigenvalue weighted by molar-refractivity contribution is -0.135. The highest BCUT2D eigenvalue weighted by Crippen LogP contribution is 2.23. The Bertz CT molecular complexity index is 1250. The number of carbonyl (C=O) groups excluding carboxylic acids is 3. The summed E-state index contributed by atoms with van der Waals surface area (Å²) in [6.45, 7) is 11.8. The monoisotopic (exact) mass is 686 g/mol. The molecule has 1 saturated heterocycles. The fourth-order valence-corrected chi connectivity index (χ4v) is 8.07. The van der Waals surface area contributed by atoms with E-state index < -0.39 is 14.7 Å². The Kier molecular flexibility index (Phi) is 16.9. The van der Waals surface area contributed by atoms with Crippen molar-refractivity contribution in [3.63, 3.8) is 0 Å². The van der Waals surface area contributed by atoms with Gasteiger partial charge < -0.3 is 38.6 Å². The van der Waals surface area contributed by atoms with Crippen molar-refractivity contribution in [2.75, 3.05) is 59.7 Å². The Hall–Kier alpha value is -3.49. The summed E-state index contributed by atoms with van der Waals surface area (Å²) in [5.74, 6) is 0.571. The number of hydrogen-bond donors (Lipinski definition) is 2. The van der Waals surface area contributed by atoms with Crippen LogP contribution in [0.3, 0.4) is 0 Å². The van der Waals surface area contributed by atoms with Gasteiger partial charge >= 0.3 is 14.7 Å². The Balaban J connectivity index is 1.59. The molecule has 12 nitrogen and oxygen atoms in total. The van der Waals surface area contributed by atoms with E-state index in [1.165, 1.54) is 0 Å². The van der Waals surface area contributed by atoms with E-state index in [4.69, 9.17) is 23.1 Å². The quantitative estimate of drug-likeness (QED) is 0.198. The van der Waals surface area contributed by atoms with Crippen LogP contribution in [0.2, 0.25) is 12.1 Å². The van der Waals surface area contributed by atoms with E-state index >= 15 is 0 Å². The predicted octanol–water partition coefficient (Wildman–Crippen LogP) is 4.08. The molecule has 2 atom stereocenters. The summed E-state index contributed by atoms with van der Waals surface area (Å²) >= 11 is 0. The van der Waals surface area contributed by atoms with Gasteiger partial charge in [-0.1, -0.05) is 56.3 Å². The molecule has 2 unspecified atom stereocenters. The Labute approximate surface area is 286 Å². The maximum atomic E-state index is 13.3. The van der Waals surface area contributed by atoms with E-state index in [1.54, 1.807) is 12.0 Å². The van der Waals surface area contributed by atoms with Crippen LogP contribution in [0.15, 0.2) is 54.6 Å². The molecule has 0 aliphatic carbocycles. The topological polar surface area (TPSA) is 128 Å². The number of amides is 3. The molecule has 0 saturated carbocycles. The maximum Gasteiger partial charge on any atom is 0.407 e. The lowest BCUT2D eigenvalue weighted by Gasteiger charge is -2.42. The second-order valence-electron chi connectivity index (χ2n) is 11.8. The van der Waals surface area contributed by atoms with Gasteiger partial charge in [-0.15, -0.1) is 0 Å². The summed E-state index contributed by atoms with van der Waals surface area (Å²) in [4.78, 5) is 42.4. The molecule has 1 aliphatic heterocycles. The van der Waals surface area contributed by atoms with E-state index in [0.29, 0.717) is 46.0 Å². The first kappa shape index (κ1) is 39.0. The molecule has 3 rings (SSSR count). The lowest BCUT2D eigenvalue weighted by atomic mass is 10.1. The third-order valence-electron chi connectivity index (χ3n) is 8.36. The molecule has 2 aromatic rings. The van der Waals surface area contributed by atoms with Gasteiger partial charge in [0, 0.05) is 45.8 Å². The van der Waals surface area contributed by atoms with Crippen molar-refractivity contribution in [2.24, 2.45) is 0 Å². The van der Waals surface area contributed by atoms with Crippen LogP contribution < -0.4 is 15.4 Å². The first-order valence-electron chi connectivity index (χ1n) is 17.0. The number of alkyl carbamates (subject to hydrolysis) is 1. The highest BCUT2D eigenvalue weighted by molar-refractivity contribution is 6.67. The lowest BCUT2D eigenvalue weighted by Crippen LogP contribution is -2.59. The van der Waals surface area contributed by atoms with Crippen molar-refractivity contribution in [3.8, 4) is 5.75 Å². The second-order valence-corrected chi connectivity index (χ2v) is 15.6. The molecular formula is C35H54N4O8Si. The fourth-order valence-electron chi connectivity index (χ4n) is 5.46. The van der Waals surface area contributed by atoms with E-state index in [0.717, 1.165) is 29.0 Å². The van der Waals surface area contributed by atoms with Crippen LogP contribution in [0.25, 0.3) is 0 Å². The zero-order valence-electron chi connectivity index (χ0n) is 29.2. The maximum absolute atomic E-state index is 13.3. The van der Waals surface area contributed by atoms with Crippen molar-refractivity contribution >= 4 is 26.5 Å². The van der Waals surface area contributed by atoms with Crippen LogP contribution >= 0.6 is 0 Å². The number of nitrogens with one attached hydrogen (secondary N) is 2. The number of hydrogen-bond acceptors (Lipinski definition) is 9. The smallest absolute Gasteiger partial charge is 0.407 e. The van der Waals surface area contributed by atoms with Gasteiger partial charge in [0.1, 0.15) is 12.4 Å². The predicted molar refractivity (Wildman–Crippen MR) is 186 cm³/mol. The van der Waals surface area contributed by atoms with Crippen molar-refractivity contribution in [3.05, 3.63) is 65.7 Å². The van der Waals surface area contributed by atoms with Gasteiger partial charge in [-0.25, -0.2) is 4.79 Å². The average molecular weight is 687 g/mol. The van der Waals surface area contributed by atoms with Crippen molar-refractivity contribution < 1.29 is 37.4 Å². The minimum atomic E-state index is -2.57. The average Bonchev–Trinajstić information content (AvgIpc) is 3.11. The fraction of sp³-hybridized carbons (Fsp3) is 0.571. The SMILES string of the molecule is CCOCC(C)O[Si](CC)(CC)OCC1CN(C(=O)CCNC(=O)OCc2ccccc2)CCN1CC(=O)NCc1ccc(OC)cc1. The normalized spacial score (nSPS) is 15.9. The van der Waals surface area contributed by atoms with Crippen LogP contribution in [0.4, 0.5) is 4.79 Å². The summed E-state index contributed by atoms with van der Waals surface area (Å²) < 4.78 is 29.2. The van der Waals surface area contributed by atoms with Gasteiger partial charge in [0.2, 0.25) is 11.8 Å². The number of rotatable bonds is 20. The number of ether oxygens (including phenoxy) is 3. The van der Waals surface area contributed by atoms with Crippen LogP contribution in [0, 0.1) is 0 Å². The van der Waals surface area contributed by atoms with E-state index in [2.05, 4.69) is 29.4 Å². The molecule has 13 heteroatoms. The largest absolute Gasteiger partial charge is 0.497 e. The van der Waals surface area contributed by atoms with Gasteiger partial charge in [-0.05, 0) is 49.2 Å². The van der Waals surface area contributed by atoms with Gasteiger partial charge in [-0.2, -0.15) is 0 Å². The van der Waals surface area contributed by atoms with Crippen LogP contribution in [0.1, 0.15) is 45.2 Å². The summed E-state index contributed by atoms with van der Waals surface area (Å²) in [5.41, 5.74) is 1.86. The minimum Gasteiger partial charge on any atom is -0.497 e. The van der Waals surface area contributed by atoms with E-state index in [9.17, 15) is 14.4 Å². The van der Waals surface area contributed by atoms with E-state index in [1.807, 2.05) is 68.4 Å². The standard InChI is InChI=1S/C35H54N4O8Si/c1-6-44-25-28(4)47-48(7-2,8-3)46-27-31-23-39(34(41)18-19-36-35(42)45-26-30-12-10-9-11-13-30)21-20-38(31)24-33(40)37-22-29-14-16-32(43-5)17-15-29/h9-17,28,31H,6-8,18-27H2,1-5H3,(H,36,42)(H,37,40). The number of carbonyl (C=O) groups is 3. The second kappa shape index (κ2) is 20.8. The molecular weight excluding hydrogens is 632 g/mol. The molecule has 1 fully saturated rings. The number of piperazine rings is 1. The summed E-state index contributed by atoms with van der Waals surface area (Å²) in [6.07, 6.45) is -0.535. The van der Waals surface area contributed by atoms with Crippen molar-refractivity contribution in [1.82, 2.24) is 20.4 Å². The first-order chi connectivity index (χ1) is 23.2.